The Morgan fingerprint density at radius 3 is 2.24 bits per heavy atom. The van der Waals surface area contributed by atoms with E-state index < -0.39 is 10.0 Å². The third-order valence-corrected chi connectivity index (χ3v) is 8.04. The predicted molar refractivity (Wildman–Crippen MR) is 129 cm³/mol. The highest BCUT2D eigenvalue weighted by Crippen LogP contribution is 2.21. The summed E-state index contributed by atoms with van der Waals surface area (Å²) in [5.74, 6) is -0.237. The second kappa shape index (κ2) is 11.0. The van der Waals surface area contributed by atoms with Gasteiger partial charge in [-0.25, -0.2) is 8.42 Å². The van der Waals surface area contributed by atoms with Crippen molar-refractivity contribution in [3.05, 3.63) is 65.2 Å². The van der Waals surface area contributed by atoms with Crippen LogP contribution in [0.4, 0.5) is 0 Å². The zero-order valence-corrected chi connectivity index (χ0v) is 20.6. The first kappa shape index (κ1) is 24.8. The molecule has 2 aromatic rings. The summed E-state index contributed by atoms with van der Waals surface area (Å²) in [6.45, 7) is 8.88. The molecule has 1 amide bonds. The maximum atomic E-state index is 13.0. The van der Waals surface area contributed by atoms with Gasteiger partial charge in [0.05, 0.1) is 30.3 Å². The van der Waals surface area contributed by atoms with E-state index in [9.17, 15) is 13.2 Å². The number of morpholine rings is 2. The Labute approximate surface area is 201 Å². The van der Waals surface area contributed by atoms with Crippen LogP contribution in [-0.2, 0) is 32.6 Å². The maximum Gasteiger partial charge on any atom is 0.251 e. The quantitative estimate of drug-likeness (QED) is 0.645. The first-order valence-electron chi connectivity index (χ1n) is 11.7. The molecule has 8 nitrogen and oxygen atoms in total. The van der Waals surface area contributed by atoms with Crippen molar-refractivity contribution in [2.75, 3.05) is 39.4 Å². The smallest absolute Gasteiger partial charge is 0.251 e. The van der Waals surface area contributed by atoms with Gasteiger partial charge in [0.15, 0.2) is 0 Å². The molecular weight excluding hydrogens is 454 g/mol. The summed E-state index contributed by atoms with van der Waals surface area (Å²) >= 11 is 0. The van der Waals surface area contributed by atoms with Gasteiger partial charge in [-0.3, -0.25) is 9.69 Å². The molecule has 2 aliphatic heterocycles. The van der Waals surface area contributed by atoms with Crippen LogP contribution >= 0.6 is 0 Å². The topological polar surface area (TPSA) is 88.2 Å². The average molecular weight is 488 g/mol. The molecule has 2 saturated heterocycles. The van der Waals surface area contributed by atoms with Crippen molar-refractivity contribution >= 4 is 15.9 Å². The molecule has 0 spiro atoms. The van der Waals surface area contributed by atoms with Gasteiger partial charge in [0.2, 0.25) is 10.0 Å². The normalized spacial score (nSPS) is 22.4. The van der Waals surface area contributed by atoms with Crippen molar-refractivity contribution in [2.45, 2.75) is 44.0 Å². The Morgan fingerprint density at radius 1 is 0.971 bits per heavy atom. The number of hydrogen-bond donors (Lipinski definition) is 1. The van der Waals surface area contributed by atoms with E-state index in [2.05, 4.69) is 16.3 Å². The Morgan fingerprint density at radius 2 is 1.59 bits per heavy atom. The fraction of sp³-hybridized carbons (Fsp3) is 0.480. The summed E-state index contributed by atoms with van der Waals surface area (Å²) in [7, 11) is -3.64. The lowest BCUT2D eigenvalue weighted by atomic mass is 10.1. The van der Waals surface area contributed by atoms with Crippen LogP contribution in [0.25, 0.3) is 0 Å². The molecule has 0 saturated carbocycles. The summed E-state index contributed by atoms with van der Waals surface area (Å²) < 4.78 is 38.6. The fourth-order valence-corrected chi connectivity index (χ4v) is 6.01. The zero-order chi connectivity index (χ0) is 24.1. The van der Waals surface area contributed by atoms with Gasteiger partial charge in [0, 0.05) is 44.8 Å². The van der Waals surface area contributed by atoms with E-state index in [0.29, 0.717) is 25.2 Å². The second-order valence-electron chi connectivity index (χ2n) is 8.94. The molecule has 0 unspecified atom stereocenters. The number of nitrogens with one attached hydrogen (secondary N) is 1. The number of amides is 1. The molecule has 2 atom stereocenters. The van der Waals surface area contributed by atoms with Crippen molar-refractivity contribution in [1.29, 1.82) is 0 Å². The largest absolute Gasteiger partial charge is 0.379 e. The molecule has 184 valence electrons. The van der Waals surface area contributed by atoms with E-state index in [-0.39, 0.29) is 23.0 Å². The van der Waals surface area contributed by atoms with Crippen molar-refractivity contribution < 1.29 is 22.7 Å². The summed E-state index contributed by atoms with van der Waals surface area (Å²) in [5, 5.41) is 2.97. The Hall–Kier alpha value is -2.30. The van der Waals surface area contributed by atoms with Crippen LogP contribution in [0.5, 0.6) is 0 Å². The number of hydrogen-bond acceptors (Lipinski definition) is 6. The van der Waals surface area contributed by atoms with E-state index in [1.54, 1.807) is 12.1 Å². The summed E-state index contributed by atoms with van der Waals surface area (Å²) in [6, 6.07) is 14.2. The number of benzene rings is 2. The molecule has 0 aromatic heterocycles. The minimum atomic E-state index is -3.64. The van der Waals surface area contributed by atoms with Crippen LogP contribution in [-0.4, -0.2) is 75.1 Å². The van der Waals surface area contributed by atoms with Crippen LogP contribution in [0.2, 0.25) is 0 Å². The van der Waals surface area contributed by atoms with Gasteiger partial charge in [-0.05, 0) is 49.2 Å². The Bertz CT molecular complexity index is 1070. The van der Waals surface area contributed by atoms with Crippen molar-refractivity contribution in [2.24, 2.45) is 0 Å². The van der Waals surface area contributed by atoms with E-state index in [1.807, 2.05) is 32.0 Å². The molecule has 0 aliphatic carbocycles. The van der Waals surface area contributed by atoms with Crippen LogP contribution < -0.4 is 5.32 Å². The first-order valence-corrected chi connectivity index (χ1v) is 13.2. The number of sulfonamides is 1. The molecular formula is C25H33N3O5S. The van der Waals surface area contributed by atoms with Crippen molar-refractivity contribution in [3.63, 3.8) is 0 Å². The highest BCUT2D eigenvalue weighted by molar-refractivity contribution is 7.89. The number of nitrogens with zero attached hydrogens (tertiary/aromatic N) is 2. The predicted octanol–water partition coefficient (Wildman–Crippen LogP) is 2.25. The molecule has 34 heavy (non-hydrogen) atoms. The number of rotatable bonds is 7. The molecule has 1 N–H and O–H groups in total. The van der Waals surface area contributed by atoms with Gasteiger partial charge in [0.25, 0.3) is 5.91 Å². The third-order valence-electron chi connectivity index (χ3n) is 6.20. The highest BCUT2D eigenvalue weighted by Gasteiger charge is 2.32. The fourth-order valence-electron chi connectivity index (χ4n) is 4.42. The lowest BCUT2D eigenvalue weighted by Crippen LogP contribution is -2.48. The minimum absolute atomic E-state index is 0.158. The highest BCUT2D eigenvalue weighted by atomic mass is 32.2. The third kappa shape index (κ3) is 6.03. The number of carbonyl (C=O) groups excluding carboxylic acids is 1. The Balaban J connectivity index is 1.38. The van der Waals surface area contributed by atoms with Crippen molar-refractivity contribution in [3.8, 4) is 0 Å². The summed E-state index contributed by atoms with van der Waals surface area (Å²) in [4.78, 5) is 15.3. The number of carbonyl (C=O) groups is 1. The number of ether oxygens (including phenoxy) is 2. The summed E-state index contributed by atoms with van der Waals surface area (Å²) in [5.41, 5.74) is 2.67. The van der Waals surface area contributed by atoms with Gasteiger partial charge >= 0.3 is 0 Å². The van der Waals surface area contributed by atoms with Gasteiger partial charge in [-0.1, -0.05) is 24.3 Å². The van der Waals surface area contributed by atoms with E-state index in [4.69, 9.17) is 9.47 Å². The van der Waals surface area contributed by atoms with E-state index in [0.717, 1.165) is 38.4 Å². The van der Waals surface area contributed by atoms with E-state index in [1.165, 1.54) is 22.0 Å². The van der Waals surface area contributed by atoms with Crippen LogP contribution in [0, 0.1) is 0 Å². The van der Waals surface area contributed by atoms with Gasteiger partial charge in [-0.15, -0.1) is 0 Å². The average Bonchev–Trinajstić information content (AvgIpc) is 2.83. The zero-order valence-electron chi connectivity index (χ0n) is 19.8. The van der Waals surface area contributed by atoms with Crippen LogP contribution in [0.1, 0.15) is 35.3 Å². The first-order chi connectivity index (χ1) is 16.3. The van der Waals surface area contributed by atoms with Crippen LogP contribution in [0.3, 0.4) is 0 Å². The lowest BCUT2D eigenvalue weighted by Gasteiger charge is -2.34. The molecule has 2 aromatic carbocycles. The van der Waals surface area contributed by atoms with Gasteiger partial charge in [-0.2, -0.15) is 4.31 Å². The molecule has 2 fully saturated rings. The Kier molecular flexibility index (Phi) is 8.00. The minimum Gasteiger partial charge on any atom is -0.379 e. The second-order valence-corrected chi connectivity index (χ2v) is 10.9. The molecule has 0 bridgehead atoms. The van der Waals surface area contributed by atoms with Gasteiger partial charge < -0.3 is 14.8 Å². The van der Waals surface area contributed by atoms with Crippen molar-refractivity contribution in [1.82, 2.24) is 14.5 Å². The molecule has 9 heteroatoms. The molecule has 4 rings (SSSR count). The molecule has 2 aliphatic rings. The van der Waals surface area contributed by atoms with E-state index >= 15 is 0 Å². The SMILES string of the molecule is C[C@@H]1CN(S(=O)(=O)c2ccc(C(=O)NCc3ccccc3CN3CCOCC3)cc2)C[C@@H](C)O1. The lowest BCUT2D eigenvalue weighted by molar-refractivity contribution is -0.0440. The standard InChI is InChI=1S/C25H33N3O5S/c1-19-16-28(17-20(2)33-19)34(30,31)24-9-7-21(8-10-24)25(29)26-15-22-5-3-4-6-23(22)18-27-11-13-32-14-12-27/h3-10,19-20H,11-18H2,1-2H3,(H,26,29)/t19-,20-/m1/s1. The van der Waals surface area contributed by atoms with Crippen LogP contribution in [0.15, 0.2) is 53.4 Å². The maximum absolute atomic E-state index is 13.0. The monoisotopic (exact) mass is 487 g/mol. The summed E-state index contributed by atoms with van der Waals surface area (Å²) in [6.07, 6.45) is -0.315. The molecule has 0 radical (unpaired) electrons. The van der Waals surface area contributed by atoms with Gasteiger partial charge in [0.1, 0.15) is 0 Å². The molecule has 2 heterocycles.